The quantitative estimate of drug-likeness (QED) is 0.823. The zero-order valence-corrected chi connectivity index (χ0v) is 13.1. The normalized spacial score (nSPS) is 13.9. The number of sulfonamides is 1. The fourth-order valence-corrected chi connectivity index (χ4v) is 3.14. The molecule has 114 valence electrons. The van der Waals surface area contributed by atoms with Gasteiger partial charge >= 0.3 is 0 Å². The minimum absolute atomic E-state index is 0.0342. The molecule has 0 amide bonds. The van der Waals surface area contributed by atoms with Gasteiger partial charge in [0.1, 0.15) is 16.4 Å². The molecule has 0 radical (unpaired) electrons. The summed E-state index contributed by atoms with van der Waals surface area (Å²) in [4.78, 5) is -0.0342. The summed E-state index contributed by atoms with van der Waals surface area (Å²) in [5.41, 5.74) is -1.01. The van der Waals surface area contributed by atoms with Crippen LogP contribution in [0, 0.1) is 0 Å². The van der Waals surface area contributed by atoms with Crippen LogP contribution in [0.3, 0.4) is 0 Å². The van der Waals surface area contributed by atoms with Crippen molar-refractivity contribution in [1.29, 1.82) is 0 Å². The highest BCUT2D eigenvalue weighted by Gasteiger charge is 2.32. The molecule has 1 unspecified atom stereocenters. The summed E-state index contributed by atoms with van der Waals surface area (Å²) in [6, 6.07) is 4.50. The largest absolute Gasteiger partial charge is 0.497 e. The standard InChI is InChI=1S/C13H21NO5S/c1-9(15)13(2,3)14-20(16,17)12-8-10(18-4)6-7-11(12)19-5/h6-9,14-15H,1-5H3. The second kappa shape index (κ2) is 5.99. The Morgan fingerprint density at radius 1 is 1.25 bits per heavy atom. The van der Waals surface area contributed by atoms with Crippen molar-refractivity contribution in [2.24, 2.45) is 0 Å². The van der Waals surface area contributed by atoms with Crippen molar-refractivity contribution < 1.29 is 23.0 Å². The van der Waals surface area contributed by atoms with E-state index < -0.39 is 21.7 Å². The molecular formula is C13H21NO5S. The van der Waals surface area contributed by atoms with E-state index in [1.807, 2.05) is 0 Å². The molecule has 1 aromatic rings. The second-order valence-electron chi connectivity index (χ2n) is 5.02. The maximum absolute atomic E-state index is 12.4. The van der Waals surface area contributed by atoms with Gasteiger partial charge in [0.15, 0.2) is 0 Å². The molecule has 0 bridgehead atoms. The Morgan fingerprint density at radius 3 is 2.30 bits per heavy atom. The van der Waals surface area contributed by atoms with Crippen molar-refractivity contribution in [3.63, 3.8) is 0 Å². The van der Waals surface area contributed by atoms with Crippen LogP contribution in [0.5, 0.6) is 11.5 Å². The van der Waals surface area contributed by atoms with Gasteiger partial charge in [-0.1, -0.05) is 0 Å². The predicted molar refractivity (Wildman–Crippen MR) is 75.6 cm³/mol. The Labute approximate surface area is 119 Å². The third-order valence-electron chi connectivity index (χ3n) is 3.10. The van der Waals surface area contributed by atoms with Crippen LogP contribution in [0.15, 0.2) is 23.1 Å². The Balaban J connectivity index is 3.28. The lowest BCUT2D eigenvalue weighted by atomic mass is 10.0. The molecule has 6 nitrogen and oxygen atoms in total. The van der Waals surface area contributed by atoms with Crippen molar-refractivity contribution in [1.82, 2.24) is 4.72 Å². The summed E-state index contributed by atoms with van der Waals surface area (Å²) in [5.74, 6) is 0.612. The fraction of sp³-hybridized carbons (Fsp3) is 0.538. The van der Waals surface area contributed by atoms with Crippen molar-refractivity contribution in [2.45, 2.75) is 37.3 Å². The van der Waals surface area contributed by atoms with Gasteiger partial charge in [0.25, 0.3) is 0 Å². The van der Waals surface area contributed by atoms with Crippen LogP contribution in [0.1, 0.15) is 20.8 Å². The average molecular weight is 303 g/mol. The molecule has 0 saturated heterocycles. The molecule has 1 aromatic carbocycles. The summed E-state index contributed by atoms with van der Waals surface area (Å²) in [7, 11) is -1.01. The van der Waals surface area contributed by atoms with E-state index in [0.29, 0.717) is 5.75 Å². The molecular weight excluding hydrogens is 282 g/mol. The van der Waals surface area contributed by atoms with Crippen LogP contribution in [0.4, 0.5) is 0 Å². The lowest BCUT2D eigenvalue weighted by molar-refractivity contribution is 0.111. The van der Waals surface area contributed by atoms with Gasteiger partial charge in [-0.25, -0.2) is 13.1 Å². The third kappa shape index (κ3) is 3.62. The van der Waals surface area contributed by atoms with E-state index in [4.69, 9.17) is 9.47 Å². The van der Waals surface area contributed by atoms with Gasteiger partial charge in [-0.05, 0) is 32.9 Å². The summed E-state index contributed by atoms with van der Waals surface area (Å²) < 4.78 is 37.4. The molecule has 0 saturated carbocycles. The zero-order chi connectivity index (χ0) is 15.6. The Kier molecular flexibility index (Phi) is 5.01. The van der Waals surface area contributed by atoms with E-state index >= 15 is 0 Å². The first-order chi connectivity index (χ1) is 9.14. The van der Waals surface area contributed by atoms with E-state index in [2.05, 4.69) is 4.72 Å². The predicted octanol–water partition coefficient (Wildman–Crippen LogP) is 1.14. The van der Waals surface area contributed by atoms with E-state index in [0.717, 1.165) is 0 Å². The lowest BCUT2D eigenvalue weighted by Gasteiger charge is -2.29. The summed E-state index contributed by atoms with van der Waals surface area (Å²) in [5, 5.41) is 9.63. The first-order valence-electron chi connectivity index (χ1n) is 6.08. The number of aliphatic hydroxyl groups is 1. The minimum atomic E-state index is -3.85. The smallest absolute Gasteiger partial charge is 0.244 e. The van der Waals surface area contributed by atoms with Gasteiger partial charge in [-0.2, -0.15) is 0 Å². The molecule has 0 aromatic heterocycles. The molecule has 0 heterocycles. The minimum Gasteiger partial charge on any atom is -0.497 e. The molecule has 20 heavy (non-hydrogen) atoms. The third-order valence-corrected chi connectivity index (χ3v) is 4.80. The first kappa shape index (κ1) is 16.7. The van der Waals surface area contributed by atoms with Crippen LogP contribution >= 0.6 is 0 Å². The molecule has 7 heteroatoms. The lowest BCUT2D eigenvalue weighted by Crippen LogP contribution is -2.50. The van der Waals surface area contributed by atoms with Crippen LogP contribution in [-0.4, -0.2) is 39.4 Å². The summed E-state index contributed by atoms with van der Waals surface area (Å²) >= 11 is 0. The highest BCUT2D eigenvalue weighted by atomic mass is 32.2. The molecule has 1 atom stereocenters. The topological polar surface area (TPSA) is 84.9 Å². The van der Waals surface area contributed by atoms with Gasteiger partial charge in [-0.3, -0.25) is 0 Å². The number of rotatable bonds is 6. The number of hydrogen-bond acceptors (Lipinski definition) is 5. The van der Waals surface area contributed by atoms with E-state index in [-0.39, 0.29) is 10.6 Å². The number of ether oxygens (including phenoxy) is 2. The maximum Gasteiger partial charge on any atom is 0.244 e. The molecule has 0 aliphatic carbocycles. The SMILES string of the molecule is COc1ccc(OC)c(S(=O)(=O)NC(C)(C)C(C)O)c1. The highest BCUT2D eigenvalue weighted by Crippen LogP contribution is 2.29. The van der Waals surface area contributed by atoms with Crippen molar-refractivity contribution in [3.8, 4) is 11.5 Å². The molecule has 0 fully saturated rings. The van der Waals surface area contributed by atoms with Gasteiger partial charge in [0.2, 0.25) is 10.0 Å². The summed E-state index contributed by atoms with van der Waals surface area (Å²) in [6.45, 7) is 4.72. The molecule has 0 aliphatic rings. The number of benzene rings is 1. The monoisotopic (exact) mass is 303 g/mol. The fourth-order valence-electron chi connectivity index (χ4n) is 1.48. The maximum atomic E-state index is 12.4. The Bertz CT molecular complexity index is 566. The number of aliphatic hydroxyl groups excluding tert-OH is 1. The number of nitrogens with one attached hydrogen (secondary N) is 1. The van der Waals surface area contributed by atoms with E-state index in [1.165, 1.54) is 33.3 Å². The van der Waals surface area contributed by atoms with Crippen molar-refractivity contribution >= 4 is 10.0 Å². The Hall–Kier alpha value is -1.31. The van der Waals surface area contributed by atoms with Gasteiger partial charge < -0.3 is 14.6 Å². The number of methoxy groups -OCH3 is 2. The first-order valence-corrected chi connectivity index (χ1v) is 7.56. The van der Waals surface area contributed by atoms with Gasteiger partial charge in [0, 0.05) is 6.07 Å². The second-order valence-corrected chi connectivity index (χ2v) is 6.67. The van der Waals surface area contributed by atoms with E-state index in [1.54, 1.807) is 19.9 Å². The average Bonchev–Trinajstić information content (AvgIpc) is 2.36. The van der Waals surface area contributed by atoms with Crippen molar-refractivity contribution in [3.05, 3.63) is 18.2 Å². The van der Waals surface area contributed by atoms with Gasteiger partial charge in [-0.15, -0.1) is 0 Å². The highest BCUT2D eigenvalue weighted by molar-refractivity contribution is 7.89. The van der Waals surface area contributed by atoms with Gasteiger partial charge in [0.05, 0.1) is 25.9 Å². The summed E-state index contributed by atoms with van der Waals surface area (Å²) in [6.07, 6.45) is -0.853. The van der Waals surface area contributed by atoms with E-state index in [9.17, 15) is 13.5 Å². The van der Waals surface area contributed by atoms with Crippen LogP contribution in [0.25, 0.3) is 0 Å². The molecule has 2 N–H and O–H groups in total. The van der Waals surface area contributed by atoms with Crippen LogP contribution in [-0.2, 0) is 10.0 Å². The number of hydrogen-bond donors (Lipinski definition) is 2. The molecule has 0 aliphatic heterocycles. The zero-order valence-electron chi connectivity index (χ0n) is 12.3. The molecule has 1 rings (SSSR count). The Morgan fingerprint density at radius 2 is 1.85 bits per heavy atom. The molecule has 0 spiro atoms. The van der Waals surface area contributed by atoms with Crippen molar-refractivity contribution in [2.75, 3.05) is 14.2 Å². The van der Waals surface area contributed by atoms with Crippen LogP contribution in [0.2, 0.25) is 0 Å². The van der Waals surface area contributed by atoms with Crippen LogP contribution < -0.4 is 14.2 Å².